The number of hydrogen-bond acceptors (Lipinski definition) is 9. The molecule has 0 saturated carbocycles. The molecule has 1 aliphatic heterocycles. The molecule has 4 aromatic rings. The molecule has 0 aliphatic carbocycles. The lowest BCUT2D eigenvalue weighted by Gasteiger charge is -2.18. The van der Waals surface area contributed by atoms with Crippen LogP contribution in [0.5, 0.6) is 17.2 Å². The minimum atomic E-state index is -0.820. The number of hydrogen-bond donors (Lipinski definition) is 2. The number of nitrogens with one attached hydrogen (secondary N) is 1. The van der Waals surface area contributed by atoms with Crippen molar-refractivity contribution in [3.8, 4) is 17.2 Å². The van der Waals surface area contributed by atoms with Gasteiger partial charge in [0.15, 0.2) is 22.8 Å². The number of rotatable bonds is 7. The Morgan fingerprint density at radius 3 is 2.69 bits per heavy atom. The fourth-order valence-electron chi connectivity index (χ4n) is 3.95. The number of para-hydroxylation sites is 1. The summed E-state index contributed by atoms with van der Waals surface area (Å²) in [6, 6.07) is 9.84. The molecule has 2 aromatic carbocycles. The van der Waals surface area contributed by atoms with Gasteiger partial charge in [0.05, 0.1) is 18.2 Å². The second-order valence-electron chi connectivity index (χ2n) is 8.52. The van der Waals surface area contributed by atoms with Crippen LogP contribution in [0.1, 0.15) is 54.9 Å². The monoisotopic (exact) mass is 477 g/mol. The summed E-state index contributed by atoms with van der Waals surface area (Å²) in [6.45, 7) is 3.92. The molecular formula is C25H23N3O7. The summed E-state index contributed by atoms with van der Waals surface area (Å²) >= 11 is 0. The maximum atomic E-state index is 13.4. The van der Waals surface area contributed by atoms with E-state index in [0.717, 1.165) is 0 Å². The molecule has 5 rings (SSSR count). The Labute approximate surface area is 199 Å². The molecule has 2 aromatic heterocycles. The maximum Gasteiger partial charge on any atom is 0.246 e. The Hall–Kier alpha value is -4.34. The number of carbonyl (C=O) groups is 1. The van der Waals surface area contributed by atoms with Crippen molar-refractivity contribution in [3.05, 3.63) is 75.7 Å². The van der Waals surface area contributed by atoms with Crippen LogP contribution in [-0.4, -0.2) is 27.9 Å². The topological polar surface area (TPSA) is 137 Å². The van der Waals surface area contributed by atoms with Crippen LogP contribution in [0, 0.1) is 0 Å². The fourth-order valence-corrected chi connectivity index (χ4v) is 3.95. The highest BCUT2D eigenvalue weighted by Crippen LogP contribution is 2.42. The summed E-state index contributed by atoms with van der Waals surface area (Å²) < 4.78 is 21.6. The molecular weight excluding hydrogens is 454 g/mol. The Kier molecular flexibility index (Phi) is 5.86. The third kappa shape index (κ3) is 4.42. The smallest absolute Gasteiger partial charge is 0.246 e. The van der Waals surface area contributed by atoms with E-state index >= 15 is 0 Å². The molecule has 0 fully saturated rings. The van der Waals surface area contributed by atoms with Gasteiger partial charge in [-0.2, -0.15) is 4.98 Å². The summed E-state index contributed by atoms with van der Waals surface area (Å²) in [5.74, 6) is 0.383. The first-order valence-electron chi connectivity index (χ1n) is 11.1. The Balaban J connectivity index is 1.48. The van der Waals surface area contributed by atoms with Gasteiger partial charge >= 0.3 is 0 Å². The van der Waals surface area contributed by atoms with Crippen molar-refractivity contribution in [1.29, 1.82) is 0 Å². The number of amides is 1. The van der Waals surface area contributed by atoms with E-state index in [2.05, 4.69) is 15.5 Å². The average Bonchev–Trinajstić information content (AvgIpc) is 3.51. The predicted octanol–water partition coefficient (Wildman–Crippen LogP) is 3.57. The molecule has 35 heavy (non-hydrogen) atoms. The zero-order chi connectivity index (χ0) is 24.5. The van der Waals surface area contributed by atoms with Gasteiger partial charge in [0.1, 0.15) is 11.3 Å². The molecule has 1 aliphatic rings. The van der Waals surface area contributed by atoms with E-state index in [-0.39, 0.29) is 54.2 Å². The van der Waals surface area contributed by atoms with Crippen LogP contribution in [0.3, 0.4) is 0 Å². The van der Waals surface area contributed by atoms with Crippen molar-refractivity contribution in [2.24, 2.45) is 0 Å². The van der Waals surface area contributed by atoms with Crippen molar-refractivity contribution in [2.45, 2.75) is 38.6 Å². The van der Waals surface area contributed by atoms with E-state index in [0.29, 0.717) is 33.9 Å². The van der Waals surface area contributed by atoms with Gasteiger partial charge in [-0.3, -0.25) is 9.59 Å². The zero-order valence-corrected chi connectivity index (χ0v) is 19.1. The van der Waals surface area contributed by atoms with E-state index in [9.17, 15) is 14.7 Å². The molecule has 0 spiro atoms. The van der Waals surface area contributed by atoms with Crippen LogP contribution in [0.4, 0.5) is 0 Å². The third-order valence-electron chi connectivity index (χ3n) is 5.81. The third-order valence-corrected chi connectivity index (χ3v) is 5.81. The van der Waals surface area contributed by atoms with Gasteiger partial charge in [0.25, 0.3) is 0 Å². The molecule has 0 saturated heterocycles. The number of ether oxygens (including phenoxy) is 2. The number of carbonyl (C=O) groups excluding carboxylic acids is 1. The number of phenols is 1. The normalized spacial score (nSPS) is 13.3. The number of phenolic OH excluding ortho intramolecular Hbond substituents is 1. The molecule has 180 valence electrons. The van der Waals surface area contributed by atoms with E-state index in [1.807, 2.05) is 13.8 Å². The minimum Gasteiger partial charge on any atom is -0.508 e. The summed E-state index contributed by atoms with van der Waals surface area (Å²) in [5, 5.41) is 17.8. The second-order valence-corrected chi connectivity index (χ2v) is 8.52. The van der Waals surface area contributed by atoms with Crippen LogP contribution in [0.2, 0.25) is 0 Å². The number of aromatic hydroxyl groups is 1. The van der Waals surface area contributed by atoms with Crippen LogP contribution < -0.4 is 20.2 Å². The molecule has 1 atom stereocenters. The number of benzene rings is 2. The highest BCUT2D eigenvalue weighted by molar-refractivity contribution is 5.80. The van der Waals surface area contributed by atoms with E-state index in [4.69, 9.17) is 18.4 Å². The van der Waals surface area contributed by atoms with E-state index in [1.54, 1.807) is 30.3 Å². The molecule has 10 heteroatoms. The van der Waals surface area contributed by atoms with Crippen LogP contribution in [-0.2, 0) is 11.3 Å². The summed E-state index contributed by atoms with van der Waals surface area (Å²) in [6.07, 6.45) is 1.18. The highest BCUT2D eigenvalue weighted by Gasteiger charge is 2.28. The van der Waals surface area contributed by atoms with Crippen molar-refractivity contribution in [1.82, 2.24) is 15.5 Å². The molecule has 0 bridgehead atoms. The van der Waals surface area contributed by atoms with Gasteiger partial charge < -0.3 is 28.8 Å². The first-order chi connectivity index (χ1) is 16.9. The van der Waals surface area contributed by atoms with Gasteiger partial charge in [0.2, 0.25) is 18.6 Å². The lowest BCUT2D eigenvalue weighted by atomic mass is 9.87. The van der Waals surface area contributed by atoms with Gasteiger partial charge in [0, 0.05) is 35.4 Å². The lowest BCUT2D eigenvalue weighted by molar-refractivity contribution is -0.121. The molecule has 0 radical (unpaired) electrons. The standard InChI is InChI=1S/C25H23N3O7/c1-13(2)25-27-23(35-28-25)10-26-22(30)8-15(16-7-20-21(9-18(16)29)34-12-33-20)17-11-32-19-6-4-3-5-14(19)24(17)31/h3-7,9,11,13,15,29H,8,10,12H2,1-2H3,(H,26,30)/t15-/m0/s1. The Morgan fingerprint density at radius 1 is 1.14 bits per heavy atom. The second kappa shape index (κ2) is 9.13. The molecule has 2 N–H and O–H groups in total. The van der Waals surface area contributed by atoms with Gasteiger partial charge in [-0.15, -0.1) is 0 Å². The van der Waals surface area contributed by atoms with Crippen LogP contribution in [0.25, 0.3) is 11.0 Å². The first-order valence-corrected chi connectivity index (χ1v) is 11.1. The van der Waals surface area contributed by atoms with Gasteiger partial charge in [-0.1, -0.05) is 31.1 Å². The zero-order valence-electron chi connectivity index (χ0n) is 19.1. The molecule has 3 heterocycles. The molecule has 0 unspecified atom stereocenters. The number of fused-ring (bicyclic) bond motifs is 2. The first kappa shape index (κ1) is 22.5. The number of aromatic nitrogens is 2. The Morgan fingerprint density at radius 2 is 1.91 bits per heavy atom. The van der Waals surface area contributed by atoms with Crippen LogP contribution in [0.15, 0.2) is 56.4 Å². The van der Waals surface area contributed by atoms with E-state index < -0.39 is 5.92 Å². The van der Waals surface area contributed by atoms with Crippen molar-refractivity contribution >= 4 is 16.9 Å². The molecule has 10 nitrogen and oxygen atoms in total. The van der Waals surface area contributed by atoms with E-state index in [1.165, 1.54) is 12.3 Å². The lowest BCUT2D eigenvalue weighted by Crippen LogP contribution is -2.27. The summed E-state index contributed by atoms with van der Waals surface area (Å²) in [7, 11) is 0. The van der Waals surface area contributed by atoms with Crippen LogP contribution >= 0.6 is 0 Å². The van der Waals surface area contributed by atoms with Crippen molar-refractivity contribution in [2.75, 3.05) is 6.79 Å². The quantitative estimate of drug-likeness (QED) is 0.409. The minimum absolute atomic E-state index is 0.0179. The maximum absolute atomic E-state index is 13.4. The SMILES string of the molecule is CC(C)c1noc(CNC(=O)C[C@@H](c2cc3c(cc2O)OCO3)c2coc3ccccc3c2=O)n1. The van der Waals surface area contributed by atoms with Gasteiger partial charge in [-0.05, 0) is 18.2 Å². The largest absolute Gasteiger partial charge is 0.508 e. The Bertz CT molecular complexity index is 1460. The summed E-state index contributed by atoms with van der Waals surface area (Å²) in [5.41, 5.74) is 0.705. The van der Waals surface area contributed by atoms with Crippen molar-refractivity contribution in [3.63, 3.8) is 0 Å². The van der Waals surface area contributed by atoms with Gasteiger partial charge in [-0.25, -0.2) is 0 Å². The average molecular weight is 477 g/mol. The highest BCUT2D eigenvalue weighted by atomic mass is 16.7. The fraction of sp³-hybridized carbons (Fsp3) is 0.280. The number of nitrogens with zero attached hydrogens (tertiary/aromatic N) is 2. The van der Waals surface area contributed by atoms with Crippen molar-refractivity contribution < 1.29 is 28.3 Å². The predicted molar refractivity (Wildman–Crippen MR) is 123 cm³/mol. The molecule has 1 amide bonds. The summed E-state index contributed by atoms with van der Waals surface area (Å²) in [4.78, 5) is 30.6.